The third kappa shape index (κ3) is 3.61. The number of amides is 1. The zero-order valence-corrected chi connectivity index (χ0v) is 13.6. The molecule has 0 heterocycles. The number of carbonyl (C=O) groups excluding carboxylic acids is 1. The number of carbonyl (C=O) groups is 1. The highest BCUT2D eigenvalue weighted by Gasteiger charge is 2.51. The summed E-state index contributed by atoms with van der Waals surface area (Å²) in [6.45, 7) is 4.46. The number of hydrogen-bond donors (Lipinski definition) is 2. The topological polar surface area (TPSA) is 49.3 Å². The van der Waals surface area contributed by atoms with Crippen LogP contribution in [0.15, 0.2) is 28.7 Å². The third-order valence-corrected chi connectivity index (χ3v) is 4.46. The van der Waals surface area contributed by atoms with Crippen LogP contribution in [-0.4, -0.2) is 23.7 Å². The van der Waals surface area contributed by atoms with Crippen LogP contribution in [0.1, 0.15) is 38.7 Å². The first-order valence-electron chi connectivity index (χ1n) is 7.16. The van der Waals surface area contributed by atoms with Crippen LogP contribution >= 0.6 is 15.9 Å². The molecular weight excluding hydrogens is 318 g/mol. The lowest BCUT2D eigenvalue weighted by Gasteiger charge is -2.19. The van der Waals surface area contributed by atoms with Gasteiger partial charge in [-0.25, -0.2) is 0 Å². The van der Waals surface area contributed by atoms with Crippen molar-refractivity contribution in [3.63, 3.8) is 0 Å². The molecule has 0 aromatic heterocycles. The number of nitrogens with one attached hydrogen (secondary N) is 1. The summed E-state index contributed by atoms with van der Waals surface area (Å²) >= 11 is 3.42. The normalized spacial score (nSPS) is 19.2. The molecule has 2 rings (SSSR count). The van der Waals surface area contributed by atoms with Gasteiger partial charge in [0.2, 0.25) is 5.91 Å². The maximum absolute atomic E-state index is 12.4. The summed E-state index contributed by atoms with van der Waals surface area (Å²) in [4.78, 5) is 12.4. The van der Waals surface area contributed by atoms with E-state index in [9.17, 15) is 9.90 Å². The Bertz CT molecular complexity index is 466. The fourth-order valence-corrected chi connectivity index (χ4v) is 2.91. The Hall–Kier alpha value is -0.870. The summed E-state index contributed by atoms with van der Waals surface area (Å²) in [6.07, 6.45) is 2.24. The molecule has 1 fully saturated rings. The molecule has 2 N–H and O–H groups in total. The second-order valence-electron chi connectivity index (χ2n) is 5.99. The highest BCUT2D eigenvalue weighted by atomic mass is 79.9. The molecule has 1 amide bonds. The number of aliphatic hydroxyl groups is 1. The number of hydrogen-bond acceptors (Lipinski definition) is 2. The summed E-state index contributed by atoms with van der Waals surface area (Å²) in [5, 5.41) is 12.4. The molecule has 1 aliphatic rings. The molecule has 2 atom stereocenters. The lowest BCUT2D eigenvalue weighted by Crippen LogP contribution is -2.37. The quantitative estimate of drug-likeness (QED) is 0.836. The molecule has 110 valence electrons. The molecule has 1 aliphatic carbocycles. The Morgan fingerprint density at radius 2 is 1.95 bits per heavy atom. The van der Waals surface area contributed by atoms with Gasteiger partial charge in [-0.3, -0.25) is 4.79 Å². The molecule has 2 unspecified atom stereocenters. The van der Waals surface area contributed by atoms with Crippen molar-refractivity contribution in [2.75, 3.05) is 6.54 Å². The van der Waals surface area contributed by atoms with Crippen LogP contribution in [-0.2, 0) is 10.2 Å². The van der Waals surface area contributed by atoms with Gasteiger partial charge in [-0.1, -0.05) is 35.0 Å². The van der Waals surface area contributed by atoms with Crippen molar-refractivity contribution in [2.24, 2.45) is 5.92 Å². The molecule has 1 saturated carbocycles. The fourth-order valence-electron chi connectivity index (χ4n) is 2.64. The van der Waals surface area contributed by atoms with Gasteiger partial charge < -0.3 is 10.4 Å². The molecule has 0 aliphatic heterocycles. The summed E-state index contributed by atoms with van der Waals surface area (Å²) in [7, 11) is 0. The Morgan fingerprint density at radius 1 is 1.35 bits per heavy atom. The summed E-state index contributed by atoms with van der Waals surface area (Å²) in [5.74, 6) is 0.414. The largest absolute Gasteiger partial charge is 0.393 e. The minimum absolute atomic E-state index is 0.122. The van der Waals surface area contributed by atoms with Crippen molar-refractivity contribution in [3.05, 3.63) is 34.3 Å². The maximum atomic E-state index is 12.4. The molecule has 1 aromatic rings. The molecule has 0 bridgehead atoms. The van der Waals surface area contributed by atoms with E-state index in [1.54, 1.807) is 6.92 Å². The average Bonchev–Trinajstić information content (AvgIpc) is 3.17. The van der Waals surface area contributed by atoms with E-state index in [-0.39, 0.29) is 17.4 Å². The first kappa shape index (κ1) is 15.5. The smallest absolute Gasteiger partial charge is 0.230 e. The number of benzene rings is 1. The van der Waals surface area contributed by atoms with Crippen LogP contribution < -0.4 is 5.32 Å². The monoisotopic (exact) mass is 339 g/mol. The second kappa shape index (κ2) is 6.27. The average molecular weight is 340 g/mol. The second-order valence-corrected chi connectivity index (χ2v) is 6.90. The minimum Gasteiger partial charge on any atom is -0.393 e. The minimum atomic E-state index is -0.316. The van der Waals surface area contributed by atoms with E-state index < -0.39 is 0 Å². The third-order valence-electron chi connectivity index (χ3n) is 3.94. The standard InChI is InChI=1S/C16H22BrNO2/c1-11(9-12(2)19)10-18-15(20)16(7-8-16)13-3-5-14(17)6-4-13/h3-6,11-12,19H,7-10H2,1-2H3,(H,18,20). The van der Waals surface area contributed by atoms with Gasteiger partial charge >= 0.3 is 0 Å². The van der Waals surface area contributed by atoms with Crippen LogP contribution in [0, 0.1) is 5.92 Å². The van der Waals surface area contributed by atoms with Gasteiger partial charge in [-0.15, -0.1) is 0 Å². The van der Waals surface area contributed by atoms with Crippen molar-refractivity contribution < 1.29 is 9.90 Å². The molecule has 20 heavy (non-hydrogen) atoms. The number of aliphatic hydroxyl groups excluding tert-OH is 1. The Balaban J connectivity index is 1.93. The lowest BCUT2D eigenvalue weighted by atomic mass is 9.94. The number of halogens is 1. The number of rotatable bonds is 6. The summed E-state index contributed by atoms with van der Waals surface area (Å²) < 4.78 is 1.03. The van der Waals surface area contributed by atoms with Crippen LogP contribution in [0.3, 0.4) is 0 Å². The summed E-state index contributed by atoms with van der Waals surface area (Å²) in [5.41, 5.74) is 0.784. The van der Waals surface area contributed by atoms with Gasteiger partial charge in [0.05, 0.1) is 11.5 Å². The molecule has 0 saturated heterocycles. The van der Waals surface area contributed by atoms with Crippen molar-refractivity contribution in [3.8, 4) is 0 Å². The molecule has 1 aromatic carbocycles. The maximum Gasteiger partial charge on any atom is 0.230 e. The van der Waals surface area contributed by atoms with Crippen LogP contribution in [0.2, 0.25) is 0 Å². The lowest BCUT2D eigenvalue weighted by molar-refractivity contribution is -0.123. The van der Waals surface area contributed by atoms with Gasteiger partial charge in [0.25, 0.3) is 0 Å². The van der Waals surface area contributed by atoms with E-state index >= 15 is 0 Å². The van der Waals surface area contributed by atoms with E-state index in [0.29, 0.717) is 18.9 Å². The molecule has 3 nitrogen and oxygen atoms in total. The SMILES string of the molecule is CC(O)CC(C)CNC(=O)C1(c2ccc(Br)cc2)CC1. The fraction of sp³-hybridized carbons (Fsp3) is 0.562. The zero-order chi connectivity index (χ0) is 14.8. The Morgan fingerprint density at radius 3 is 2.45 bits per heavy atom. The van der Waals surface area contributed by atoms with E-state index in [1.165, 1.54) is 0 Å². The molecule has 0 radical (unpaired) electrons. The molecule has 4 heteroatoms. The van der Waals surface area contributed by atoms with Crippen molar-refractivity contribution in [1.82, 2.24) is 5.32 Å². The first-order chi connectivity index (χ1) is 9.44. The van der Waals surface area contributed by atoms with Crippen molar-refractivity contribution >= 4 is 21.8 Å². The molecule has 0 spiro atoms. The van der Waals surface area contributed by atoms with Crippen LogP contribution in [0.25, 0.3) is 0 Å². The van der Waals surface area contributed by atoms with Crippen molar-refractivity contribution in [1.29, 1.82) is 0 Å². The highest BCUT2D eigenvalue weighted by molar-refractivity contribution is 9.10. The van der Waals surface area contributed by atoms with Crippen LogP contribution in [0.5, 0.6) is 0 Å². The predicted octanol–water partition coefficient (Wildman–Crippen LogP) is 3.00. The van der Waals surface area contributed by atoms with Gasteiger partial charge in [-0.05, 0) is 49.8 Å². The van der Waals surface area contributed by atoms with E-state index in [2.05, 4.69) is 21.2 Å². The van der Waals surface area contributed by atoms with Crippen LogP contribution in [0.4, 0.5) is 0 Å². The van der Waals surface area contributed by atoms with E-state index in [1.807, 2.05) is 31.2 Å². The van der Waals surface area contributed by atoms with Gasteiger partial charge in [0.15, 0.2) is 0 Å². The Labute approximate surface area is 128 Å². The summed E-state index contributed by atoms with van der Waals surface area (Å²) in [6, 6.07) is 8.02. The van der Waals surface area contributed by atoms with Gasteiger partial charge in [0, 0.05) is 11.0 Å². The van der Waals surface area contributed by atoms with E-state index in [4.69, 9.17) is 0 Å². The zero-order valence-electron chi connectivity index (χ0n) is 12.0. The highest BCUT2D eigenvalue weighted by Crippen LogP contribution is 2.48. The Kier molecular flexibility index (Phi) is 4.86. The van der Waals surface area contributed by atoms with Crippen molar-refractivity contribution in [2.45, 2.75) is 44.6 Å². The van der Waals surface area contributed by atoms with Gasteiger partial charge in [-0.2, -0.15) is 0 Å². The molecular formula is C16H22BrNO2. The first-order valence-corrected chi connectivity index (χ1v) is 7.96. The predicted molar refractivity (Wildman–Crippen MR) is 83.5 cm³/mol. The van der Waals surface area contributed by atoms with Gasteiger partial charge in [0.1, 0.15) is 0 Å². The van der Waals surface area contributed by atoms with E-state index in [0.717, 1.165) is 22.9 Å².